The molecule has 1 aromatic rings. The fourth-order valence-electron chi connectivity index (χ4n) is 1.26. The molecule has 1 heterocycles. The van der Waals surface area contributed by atoms with E-state index in [2.05, 4.69) is 26.1 Å². The Bertz CT molecular complexity index is 415. The van der Waals surface area contributed by atoms with Crippen molar-refractivity contribution in [3.8, 4) is 5.88 Å². The Kier molecular flexibility index (Phi) is 3.33. The fraction of sp³-hybridized carbons (Fsp3) is 0.545. The van der Waals surface area contributed by atoms with Gasteiger partial charge in [0.15, 0.2) is 0 Å². The number of rotatable bonds is 5. The number of carbonyl (C=O) groups is 1. The summed E-state index contributed by atoms with van der Waals surface area (Å²) in [4.78, 5) is 11.2. The van der Waals surface area contributed by atoms with Crippen LogP contribution in [0.1, 0.15) is 25.5 Å². The molecule has 0 radical (unpaired) electrons. The lowest BCUT2D eigenvalue weighted by molar-refractivity contribution is -0.120. The third kappa shape index (κ3) is 2.94. The molecule has 1 aliphatic rings. The lowest BCUT2D eigenvalue weighted by Gasteiger charge is -2.16. The van der Waals surface area contributed by atoms with E-state index in [9.17, 15) is 4.79 Å². The zero-order valence-corrected chi connectivity index (χ0v) is 11.1. The van der Waals surface area contributed by atoms with Crippen LogP contribution >= 0.6 is 15.9 Å². The molecule has 17 heavy (non-hydrogen) atoms. The molecule has 0 saturated heterocycles. The summed E-state index contributed by atoms with van der Waals surface area (Å²) in [5, 5.41) is 7.86. The first kappa shape index (κ1) is 12.3. The number of nitrogens with two attached hydrogens (primary N) is 1. The first-order valence-corrected chi connectivity index (χ1v) is 6.25. The van der Waals surface area contributed by atoms with Crippen LogP contribution in [0.25, 0.3) is 0 Å². The van der Waals surface area contributed by atoms with E-state index < -0.39 is 10.2 Å². The number of primary amides is 1. The molecule has 2 rings (SSSR count). The van der Waals surface area contributed by atoms with E-state index in [1.807, 2.05) is 0 Å². The molecule has 1 fully saturated rings. The van der Waals surface area contributed by atoms with E-state index in [4.69, 9.17) is 10.5 Å². The van der Waals surface area contributed by atoms with Crippen molar-refractivity contribution in [1.82, 2.24) is 10.2 Å². The van der Waals surface area contributed by atoms with Gasteiger partial charge in [0.2, 0.25) is 11.8 Å². The molecule has 1 aliphatic carbocycles. The summed E-state index contributed by atoms with van der Waals surface area (Å²) in [7, 11) is 0. The standard InChI is InChI=1S/C11H14BrN3O2/c1-11(12,10(13)16)8-4-5-9(15-14-8)17-6-7-2-3-7/h4-5,7H,2-3,6H2,1H3,(H2,13,16). The predicted octanol–water partition coefficient (Wildman–Crippen LogP) is 1.36. The molecule has 2 N–H and O–H groups in total. The number of hydrogen-bond donors (Lipinski definition) is 1. The highest BCUT2D eigenvalue weighted by atomic mass is 79.9. The molecule has 0 aliphatic heterocycles. The highest BCUT2D eigenvalue weighted by molar-refractivity contribution is 9.10. The zero-order chi connectivity index (χ0) is 12.5. The third-order valence-electron chi connectivity index (χ3n) is 2.75. The van der Waals surface area contributed by atoms with Crippen LogP contribution in [0.4, 0.5) is 0 Å². The van der Waals surface area contributed by atoms with Gasteiger partial charge < -0.3 is 10.5 Å². The predicted molar refractivity (Wildman–Crippen MR) is 65.7 cm³/mol. The van der Waals surface area contributed by atoms with E-state index in [0.717, 1.165) is 0 Å². The topological polar surface area (TPSA) is 78.1 Å². The molecule has 1 amide bonds. The smallest absolute Gasteiger partial charge is 0.240 e. The van der Waals surface area contributed by atoms with Gasteiger partial charge in [0.1, 0.15) is 4.32 Å². The fourth-order valence-corrected chi connectivity index (χ4v) is 1.47. The molecule has 1 atom stereocenters. The Labute approximate surface area is 108 Å². The van der Waals surface area contributed by atoms with Crippen molar-refractivity contribution in [3.63, 3.8) is 0 Å². The molecule has 6 heteroatoms. The van der Waals surface area contributed by atoms with Crippen LogP contribution in [0.5, 0.6) is 5.88 Å². The van der Waals surface area contributed by atoms with Crippen molar-refractivity contribution in [2.45, 2.75) is 24.1 Å². The van der Waals surface area contributed by atoms with Gasteiger partial charge in [-0.05, 0) is 31.7 Å². The maximum Gasteiger partial charge on any atom is 0.240 e. The highest BCUT2D eigenvalue weighted by Gasteiger charge is 2.32. The molecule has 92 valence electrons. The van der Waals surface area contributed by atoms with E-state index in [1.54, 1.807) is 19.1 Å². The summed E-state index contributed by atoms with van der Waals surface area (Å²) in [6.45, 7) is 2.33. The van der Waals surface area contributed by atoms with Crippen molar-refractivity contribution in [2.75, 3.05) is 6.61 Å². The average Bonchev–Trinajstić information content (AvgIpc) is 3.10. The Morgan fingerprint density at radius 3 is 2.76 bits per heavy atom. The van der Waals surface area contributed by atoms with Crippen molar-refractivity contribution >= 4 is 21.8 Å². The second-order valence-corrected chi connectivity index (χ2v) is 5.96. The SMILES string of the molecule is CC(Br)(C(N)=O)c1ccc(OCC2CC2)nn1. The van der Waals surface area contributed by atoms with Gasteiger partial charge in [-0.25, -0.2) is 0 Å². The molecule has 0 aromatic carbocycles. The van der Waals surface area contributed by atoms with E-state index in [1.165, 1.54) is 12.8 Å². The van der Waals surface area contributed by atoms with Crippen LogP contribution in [-0.2, 0) is 9.12 Å². The summed E-state index contributed by atoms with van der Waals surface area (Å²) >= 11 is 3.23. The molecular formula is C11H14BrN3O2. The molecule has 5 nitrogen and oxygen atoms in total. The normalized spacial score (nSPS) is 18.5. The zero-order valence-electron chi connectivity index (χ0n) is 9.52. The number of hydrogen-bond acceptors (Lipinski definition) is 4. The number of alkyl halides is 1. The van der Waals surface area contributed by atoms with Crippen molar-refractivity contribution in [3.05, 3.63) is 17.8 Å². The molecule has 1 aromatic heterocycles. The van der Waals surface area contributed by atoms with E-state index in [-0.39, 0.29) is 0 Å². The first-order chi connectivity index (χ1) is 8.00. The van der Waals surface area contributed by atoms with Gasteiger partial charge in [-0.1, -0.05) is 15.9 Å². The number of nitrogens with zero attached hydrogens (tertiary/aromatic N) is 2. The minimum Gasteiger partial charge on any atom is -0.476 e. The summed E-state index contributed by atoms with van der Waals surface area (Å²) in [5.41, 5.74) is 5.74. The summed E-state index contributed by atoms with van der Waals surface area (Å²) in [5.74, 6) is 0.649. The number of carbonyl (C=O) groups excluding carboxylic acids is 1. The van der Waals surface area contributed by atoms with Gasteiger partial charge in [-0.2, -0.15) is 0 Å². The quantitative estimate of drug-likeness (QED) is 0.833. The Morgan fingerprint density at radius 2 is 2.29 bits per heavy atom. The van der Waals surface area contributed by atoms with Crippen LogP contribution < -0.4 is 10.5 Å². The van der Waals surface area contributed by atoms with Crippen LogP contribution in [0.15, 0.2) is 12.1 Å². The minimum atomic E-state index is -0.991. The Balaban J connectivity index is 2.03. The second kappa shape index (κ2) is 4.60. The molecular weight excluding hydrogens is 286 g/mol. The molecule has 1 unspecified atom stereocenters. The van der Waals surface area contributed by atoms with Crippen molar-refractivity contribution < 1.29 is 9.53 Å². The minimum absolute atomic E-state index is 0.476. The van der Waals surface area contributed by atoms with Crippen LogP contribution in [0.3, 0.4) is 0 Å². The number of aromatic nitrogens is 2. The number of halogens is 1. The molecule has 1 saturated carbocycles. The van der Waals surface area contributed by atoms with Gasteiger partial charge in [0, 0.05) is 6.07 Å². The van der Waals surface area contributed by atoms with Gasteiger partial charge in [0.05, 0.1) is 12.3 Å². The van der Waals surface area contributed by atoms with Crippen LogP contribution in [0, 0.1) is 5.92 Å². The second-order valence-electron chi connectivity index (χ2n) is 4.38. The Morgan fingerprint density at radius 1 is 1.59 bits per heavy atom. The van der Waals surface area contributed by atoms with Crippen molar-refractivity contribution in [2.24, 2.45) is 11.7 Å². The monoisotopic (exact) mass is 299 g/mol. The Hall–Kier alpha value is -1.17. The van der Waals surface area contributed by atoms with Gasteiger partial charge >= 0.3 is 0 Å². The van der Waals surface area contributed by atoms with E-state index >= 15 is 0 Å². The van der Waals surface area contributed by atoms with Crippen molar-refractivity contribution in [1.29, 1.82) is 0 Å². The maximum atomic E-state index is 11.2. The van der Waals surface area contributed by atoms with Gasteiger partial charge in [-0.15, -0.1) is 10.2 Å². The van der Waals surface area contributed by atoms with Crippen LogP contribution in [0.2, 0.25) is 0 Å². The highest BCUT2D eigenvalue weighted by Crippen LogP contribution is 2.30. The lowest BCUT2D eigenvalue weighted by Crippen LogP contribution is -2.33. The number of amides is 1. The third-order valence-corrected chi connectivity index (χ3v) is 3.54. The average molecular weight is 300 g/mol. The largest absolute Gasteiger partial charge is 0.476 e. The molecule has 0 bridgehead atoms. The maximum absolute atomic E-state index is 11.2. The molecule has 0 spiro atoms. The lowest BCUT2D eigenvalue weighted by atomic mass is 10.1. The first-order valence-electron chi connectivity index (χ1n) is 5.46. The summed E-state index contributed by atoms with van der Waals surface area (Å²) in [6.07, 6.45) is 2.46. The van der Waals surface area contributed by atoms with Gasteiger partial charge in [0.25, 0.3) is 0 Å². The van der Waals surface area contributed by atoms with Gasteiger partial charge in [-0.3, -0.25) is 4.79 Å². The summed E-state index contributed by atoms with van der Waals surface area (Å²) < 4.78 is 4.46. The number of ether oxygens (including phenoxy) is 1. The summed E-state index contributed by atoms with van der Waals surface area (Å²) in [6, 6.07) is 3.39. The van der Waals surface area contributed by atoms with Crippen LogP contribution in [-0.4, -0.2) is 22.7 Å². The van der Waals surface area contributed by atoms with E-state index in [0.29, 0.717) is 24.1 Å².